The molecule has 0 aliphatic rings. The first-order valence-corrected chi connectivity index (χ1v) is 12.0. The van der Waals surface area contributed by atoms with Crippen molar-refractivity contribution in [3.63, 3.8) is 0 Å². The van der Waals surface area contributed by atoms with Crippen molar-refractivity contribution in [3.8, 4) is 0 Å². The molecule has 8 heteroatoms. The van der Waals surface area contributed by atoms with E-state index in [-0.39, 0.29) is 24.7 Å². The van der Waals surface area contributed by atoms with Gasteiger partial charge in [0.05, 0.1) is 43.8 Å². The van der Waals surface area contributed by atoms with E-state index in [9.17, 15) is 14.4 Å². The second kappa shape index (κ2) is 18.5. The van der Waals surface area contributed by atoms with Crippen molar-refractivity contribution in [1.82, 2.24) is 0 Å². The fourth-order valence-corrected chi connectivity index (χ4v) is 2.89. The fourth-order valence-electron chi connectivity index (χ4n) is 2.89. The van der Waals surface area contributed by atoms with Crippen molar-refractivity contribution in [3.05, 3.63) is 48.2 Å². The highest BCUT2D eigenvalue weighted by molar-refractivity contribution is 5.95. The van der Waals surface area contributed by atoms with Crippen LogP contribution in [0.3, 0.4) is 0 Å². The Morgan fingerprint density at radius 3 is 2.06 bits per heavy atom. The Morgan fingerprint density at radius 2 is 1.47 bits per heavy atom. The highest BCUT2D eigenvalue weighted by Gasteiger charge is 2.13. The van der Waals surface area contributed by atoms with Gasteiger partial charge in [-0.2, -0.15) is 0 Å². The van der Waals surface area contributed by atoms with E-state index in [1.54, 1.807) is 25.1 Å². The first-order valence-electron chi connectivity index (χ1n) is 12.0. The fraction of sp³-hybridized carbons (Fsp3) is 0.577. The Balaban J connectivity index is 2.22. The van der Waals surface area contributed by atoms with Crippen LogP contribution in [0.15, 0.2) is 37.1 Å². The van der Waals surface area contributed by atoms with E-state index < -0.39 is 18.2 Å². The predicted molar refractivity (Wildman–Crippen MR) is 127 cm³/mol. The zero-order chi connectivity index (χ0) is 25.0. The number of esters is 3. The Hall–Kier alpha value is -2.87. The van der Waals surface area contributed by atoms with Gasteiger partial charge in [-0.3, -0.25) is 4.79 Å². The van der Waals surface area contributed by atoms with E-state index in [0.29, 0.717) is 44.5 Å². The molecule has 34 heavy (non-hydrogen) atoms. The maximum Gasteiger partial charge on any atom is 0.338 e. The molecule has 1 unspecified atom stereocenters. The highest BCUT2D eigenvalue weighted by atomic mass is 16.7. The zero-order valence-electron chi connectivity index (χ0n) is 20.4. The lowest BCUT2D eigenvalue weighted by molar-refractivity contribution is -0.175. The van der Waals surface area contributed by atoms with Crippen molar-refractivity contribution in [2.45, 2.75) is 71.5 Å². The monoisotopic (exact) mass is 478 g/mol. The number of ether oxygens (including phenoxy) is 5. The van der Waals surface area contributed by atoms with E-state index >= 15 is 0 Å². The molecule has 1 aromatic carbocycles. The summed E-state index contributed by atoms with van der Waals surface area (Å²) in [5, 5.41) is 0. The van der Waals surface area contributed by atoms with Crippen LogP contribution in [0.25, 0.3) is 0 Å². The van der Waals surface area contributed by atoms with Crippen molar-refractivity contribution in [1.29, 1.82) is 0 Å². The summed E-state index contributed by atoms with van der Waals surface area (Å²) < 4.78 is 26.1. The van der Waals surface area contributed by atoms with E-state index in [2.05, 4.69) is 13.5 Å². The van der Waals surface area contributed by atoms with Gasteiger partial charge in [-0.25, -0.2) is 9.59 Å². The normalized spacial score (nSPS) is 11.4. The Labute approximate surface area is 202 Å². The minimum atomic E-state index is -0.598. The maximum absolute atomic E-state index is 12.3. The van der Waals surface area contributed by atoms with Gasteiger partial charge in [0, 0.05) is 6.42 Å². The van der Waals surface area contributed by atoms with E-state index in [0.717, 1.165) is 25.7 Å². The molecule has 0 heterocycles. The number of unbranched alkanes of at least 4 members (excludes halogenated alkanes) is 4. The number of hydrogen-bond donors (Lipinski definition) is 0. The molecule has 0 aromatic heterocycles. The lowest BCUT2D eigenvalue weighted by atomic mass is 10.1. The molecule has 0 saturated heterocycles. The van der Waals surface area contributed by atoms with Gasteiger partial charge in [0.15, 0.2) is 6.29 Å². The minimum Gasteiger partial charge on any atom is -0.502 e. The molecule has 0 saturated carbocycles. The van der Waals surface area contributed by atoms with Crippen LogP contribution in [0.2, 0.25) is 0 Å². The third kappa shape index (κ3) is 13.6. The zero-order valence-corrected chi connectivity index (χ0v) is 20.4. The van der Waals surface area contributed by atoms with E-state index in [1.165, 1.54) is 12.3 Å². The van der Waals surface area contributed by atoms with Gasteiger partial charge < -0.3 is 23.7 Å². The quantitative estimate of drug-likeness (QED) is 0.0879. The molecule has 0 N–H and O–H groups in total. The van der Waals surface area contributed by atoms with Gasteiger partial charge in [0.1, 0.15) is 0 Å². The summed E-state index contributed by atoms with van der Waals surface area (Å²) in [5.74, 6) is -1.25. The smallest absolute Gasteiger partial charge is 0.338 e. The molecule has 0 bridgehead atoms. The SMILES string of the molecule is C=COCCCCOC(=O)c1cccc(C(=O)OCCCCOC(C)OC(=O)CCCCC)c1. The summed E-state index contributed by atoms with van der Waals surface area (Å²) in [5.41, 5.74) is 0.581. The standard InChI is InChI=1S/C26H38O8/c1-4-6-7-15-24(27)34-21(3)31-17-10-11-19-33-26(29)23-14-12-13-22(20-23)25(28)32-18-9-8-16-30-5-2/h5,12-14,20-21H,2,4,6-11,15-19H2,1,3H3. The van der Waals surface area contributed by atoms with E-state index in [4.69, 9.17) is 23.7 Å². The first-order chi connectivity index (χ1) is 16.5. The largest absolute Gasteiger partial charge is 0.502 e. The van der Waals surface area contributed by atoms with Crippen molar-refractivity contribution >= 4 is 17.9 Å². The molecule has 8 nitrogen and oxygen atoms in total. The molecule has 1 aromatic rings. The third-order valence-corrected chi connectivity index (χ3v) is 4.75. The van der Waals surface area contributed by atoms with Gasteiger partial charge in [-0.1, -0.05) is 32.4 Å². The Bertz CT molecular complexity index is 746. The molecule has 0 amide bonds. The average molecular weight is 479 g/mol. The number of carbonyl (C=O) groups is 3. The lowest BCUT2D eigenvalue weighted by Crippen LogP contribution is -2.18. The third-order valence-electron chi connectivity index (χ3n) is 4.75. The van der Waals surface area contributed by atoms with Gasteiger partial charge in [-0.05, 0) is 57.2 Å². The molecule has 1 atom stereocenters. The molecular weight excluding hydrogens is 440 g/mol. The van der Waals surface area contributed by atoms with Gasteiger partial charge in [0.25, 0.3) is 0 Å². The van der Waals surface area contributed by atoms with Gasteiger partial charge in [0.2, 0.25) is 0 Å². The van der Waals surface area contributed by atoms with Crippen LogP contribution in [0.4, 0.5) is 0 Å². The molecule has 0 aliphatic carbocycles. The van der Waals surface area contributed by atoms with Gasteiger partial charge >= 0.3 is 17.9 Å². The Morgan fingerprint density at radius 1 is 0.882 bits per heavy atom. The van der Waals surface area contributed by atoms with Crippen molar-refractivity contribution in [2.24, 2.45) is 0 Å². The second-order valence-electron chi connectivity index (χ2n) is 7.69. The van der Waals surface area contributed by atoms with Crippen LogP contribution in [0, 0.1) is 0 Å². The van der Waals surface area contributed by atoms with Crippen LogP contribution >= 0.6 is 0 Å². The summed E-state index contributed by atoms with van der Waals surface area (Å²) in [6.45, 7) is 8.63. The summed E-state index contributed by atoms with van der Waals surface area (Å²) >= 11 is 0. The summed E-state index contributed by atoms with van der Waals surface area (Å²) in [7, 11) is 0. The highest BCUT2D eigenvalue weighted by Crippen LogP contribution is 2.10. The van der Waals surface area contributed by atoms with Crippen LogP contribution < -0.4 is 0 Å². The number of carbonyl (C=O) groups excluding carboxylic acids is 3. The predicted octanol–water partition coefficient (Wildman–Crippen LogP) is 5.21. The minimum absolute atomic E-state index is 0.217. The lowest BCUT2D eigenvalue weighted by Gasteiger charge is -2.14. The van der Waals surface area contributed by atoms with Crippen LogP contribution in [0.5, 0.6) is 0 Å². The van der Waals surface area contributed by atoms with Crippen LogP contribution in [0.1, 0.15) is 85.9 Å². The molecule has 0 radical (unpaired) electrons. The summed E-state index contributed by atoms with van der Waals surface area (Å²) in [6.07, 6.45) is 6.73. The van der Waals surface area contributed by atoms with Gasteiger partial charge in [-0.15, -0.1) is 0 Å². The van der Waals surface area contributed by atoms with Crippen LogP contribution in [-0.4, -0.2) is 50.6 Å². The molecular formula is C26H38O8. The topological polar surface area (TPSA) is 97.4 Å². The molecule has 1 rings (SSSR count). The van der Waals surface area contributed by atoms with Crippen molar-refractivity contribution < 1.29 is 38.1 Å². The Kier molecular flexibility index (Phi) is 15.9. The van der Waals surface area contributed by atoms with Crippen molar-refractivity contribution in [2.75, 3.05) is 26.4 Å². The summed E-state index contributed by atoms with van der Waals surface area (Å²) in [4.78, 5) is 36.1. The first kappa shape index (κ1) is 29.2. The number of benzene rings is 1. The number of hydrogen-bond acceptors (Lipinski definition) is 8. The summed E-state index contributed by atoms with van der Waals surface area (Å²) in [6, 6.07) is 6.26. The van der Waals surface area contributed by atoms with Crippen LogP contribution in [-0.2, 0) is 28.5 Å². The molecule has 0 aliphatic heterocycles. The average Bonchev–Trinajstić information content (AvgIpc) is 2.83. The number of rotatable bonds is 19. The van der Waals surface area contributed by atoms with E-state index in [1.807, 2.05) is 0 Å². The molecule has 0 spiro atoms. The second-order valence-corrected chi connectivity index (χ2v) is 7.69. The molecule has 190 valence electrons. The molecule has 0 fully saturated rings. The maximum atomic E-state index is 12.3.